The number of rotatable bonds is 4. The molecule has 25 heavy (non-hydrogen) atoms. The summed E-state index contributed by atoms with van der Waals surface area (Å²) >= 11 is 0. The van der Waals surface area contributed by atoms with E-state index in [1.807, 2.05) is 0 Å². The first-order chi connectivity index (χ1) is 12.1. The number of urea groups is 1. The Labute approximate surface area is 143 Å². The van der Waals surface area contributed by atoms with E-state index in [2.05, 4.69) is 5.32 Å². The van der Waals surface area contributed by atoms with E-state index in [9.17, 15) is 14.4 Å². The van der Waals surface area contributed by atoms with Crippen LogP contribution in [0.3, 0.4) is 0 Å². The number of allylic oxidation sites excluding steroid dienone is 2. The lowest BCUT2D eigenvalue weighted by Crippen LogP contribution is -2.54. The molecule has 4 amide bonds. The van der Waals surface area contributed by atoms with E-state index in [4.69, 9.17) is 9.15 Å². The van der Waals surface area contributed by atoms with Crippen molar-refractivity contribution in [3.05, 3.63) is 66.1 Å². The molecule has 1 fully saturated rings. The highest BCUT2D eigenvalue weighted by Crippen LogP contribution is 2.30. The van der Waals surface area contributed by atoms with Crippen LogP contribution in [0.25, 0.3) is 6.08 Å². The molecule has 1 aliphatic heterocycles. The molecule has 1 saturated heterocycles. The Morgan fingerprint density at radius 1 is 1.12 bits per heavy atom. The summed E-state index contributed by atoms with van der Waals surface area (Å²) in [7, 11) is 1.43. The van der Waals surface area contributed by atoms with Crippen LogP contribution in [0.1, 0.15) is 5.76 Å². The predicted molar refractivity (Wildman–Crippen MR) is 89.8 cm³/mol. The van der Waals surface area contributed by atoms with Crippen LogP contribution in [-0.2, 0) is 9.59 Å². The molecule has 1 aliphatic rings. The summed E-state index contributed by atoms with van der Waals surface area (Å²) in [6.45, 7) is 0. The number of nitrogens with one attached hydrogen (secondary N) is 1. The zero-order chi connectivity index (χ0) is 17.8. The number of benzene rings is 1. The molecule has 1 aromatic heterocycles. The molecule has 0 radical (unpaired) electrons. The van der Waals surface area contributed by atoms with Gasteiger partial charge < -0.3 is 9.15 Å². The fourth-order valence-electron chi connectivity index (χ4n) is 2.34. The van der Waals surface area contributed by atoms with Gasteiger partial charge in [0, 0.05) is 0 Å². The van der Waals surface area contributed by atoms with E-state index >= 15 is 0 Å². The number of anilines is 1. The zero-order valence-electron chi connectivity index (χ0n) is 13.3. The number of carbonyl (C=O) groups excluding carboxylic acids is 3. The number of methoxy groups -OCH3 is 1. The minimum atomic E-state index is -0.827. The van der Waals surface area contributed by atoms with Gasteiger partial charge in [0.1, 0.15) is 17.1 Å². The molecule has 0 bridgehead atoms. The van der Waals surface area contributed by atoms with Gasteiger partial charge in [-0.05, 0) is 36.4 Å². The van der Waals surface area contributed by atoms with Crippen LogP contribution in [0.2, 0.25) is 0 Å². The van der Waals surface area contributed by atoms with Gasteiger partial charge in [-0.1, -0.05) is 18.2 Å². The minimum Gasteiger partial charge on any atom is -0.495 e. The Hall–Kier alpha value is -3.61. The normalized spacial score (nSPS) is 16.6. The maximum Gasteiger partial charge on any atom is 0.336 e. The summed E-state index contributed by atoms with van der Waals surface area (Å²) in [6, 6.07) is 9.16. The van der Waals surface area contributed by atoms with Crippen LogP contribution >= 0.6 is 0 Å². The molecule has 7 nitrogen and oxygen atoms in total. The van der Waals surface area contributed by atoms with E-state index in [0.717, 1.165) is 4.90 Å². The molecule has 0 aliphatic carbocycles. The lowest BCUT2D eigenvalue weighted by Gasteiger charge is -2.27. The summed E-state index contributed by atoms with van der Waals surface area (Å²) in [5, 5.41) is 2.15. The van der Waals surface area contributed by atoms with Gasteiger partial charge in [-0.15, -0.1) is 0 Å². The summed E-state index contributed by atoms with van der Waals surface area (Å²) in [5.74, 6) is -0.586. The van der Waals surface area contributed by atoms with Gasteiger partial charge in [-0.3, -0.25) is 14.9 Å². The molecule has 7 heteroatoms. The van der Waals surface area contributed by atoms with Crippen LogP contribution in [0.4, 0.5) is 10.5 Å². The number of imide groups is 2. The fourth-order valence-corrected chi connectivity index (χ4v) is 2.34. The quantitative estimate of drug-likeness (QED) is 0.683. The third kappa shape index (κ3) is 3.20. The van der Waals surface area contributed by atoms with Crippen LogP contribution in [0.5, 0.6) is 5.75 Å². The first-order valence-corrected chi connectivity index (χ1v) is 7.36. The van der Waals surface area contributed by atoms with E-state index < -0.39 is 17.8 Å². The largest absolute Gasteiger partial charge is 0.495 e. The van der Waals surface area contributed by atoms with Gasteiger partial charge in [0.2, 0.25) is 0 Å². The number of nitrogens with zero attached hydrogens (tertiary/aromatic N) is 1. The molecule has 1 N–H and O–H groups in total. The third-order valence-corrected chi connectivity index (χ3v) is 3.49. The van der Waals surface area contributed by atoms with Crippen molar-refractivity contribution >= 4 is 29.6 Å². The summed E-state index contributed by atoms with van der Waals surface area (Å²) in [6.07, 6.45) is 5.93. The van der Waals surface area contributed by atoms with Crippen LogP contribution in [-0.4, -0.2) is 25.0 Å². The second-order valence-electron chi connectivity index (χ2n) is 5.03. The maximum absolute atomic E-state index is 12.7. The summed E-state index contributed by atoms with van der Waals surface area (Å²) in [4.78, 5) is 37.7. The Morgan fingerprint density at radius 3 is 2.64 bits per heavy atom. The number of para-hydroxylation sites is 2. The molecular formula is C18H14N2O5. The highest BCUT2D eigenvalue weighted by molar-refractivity contribution is 6.38. The highest BCUT2D eigenvalue weighted by atomic mass is 16.5. The minimum absolute atomic E-state index is 0.173. The highest BCUT2D eigenvalue weighted by Gasteiger charge is 2.37. The molecule has 2 aromatic rings. The first-order valence-electron chi connectivity index (χ1n) is 7.36. The van der Waals surface area contributed by atoms with E-state index in [-0.39, 0.29) is 11.3 Å². The molecule has 126 valence electrons. The van der Waals surface area contributed by atoms with Gasteiger partial charge in [0.05, 0.1) is 19.1 Å². The van der Waals surface area contributed by atoms with Gasteiger partial charge in [-0.2, -0.15) is 0 Å². The number of hydrogen-bond donors (Lipinski definition) is 1. The van der Waals surface area contributed by atoms with Gasteiger partial charge in [-0.25, -0.2) is 9.69 Å². The monoisotopic (exact) mass is 338 g/mol. The van der Waals surface area contributed by atoms with E-state index in [1.54, 1.807) is 42.5 Å². The van der Waals surface area contributed by atoms with Crippen molar-refractivity contribution in [2.45, 2.75) is 0 Å². The van der Waals surface area contributed by atoms with Crippen LogP contribution in [0, 0.1) is 0 Å². The summed E-state index contributed by atoms with van der Waals surface area (Å²) < 4.78 is 10.3. The molecule has 2 heterocycles. The maximum atomic E-state index is 12.7. The van der Waals surface area contributed by atoms with E-state index in [0.29, 0.717) is 11.5 Å². The van der Waals surface area contributed by atoms with Crippen molar-refractivity contribution in [2.24, 2.45) is 0 Å². The van der Waals surface area contributed by atoms with Gasteiger partial charge >= 0.3 is 6.03 Å². The topological polar surface area (TPSA) is 88.8 Å². The Balaban J connectivity index is 1.94. The number of hydrogen-bond acceptors (Lipinski definition) is 5. The number of barbiturate groups is 1. The van der Waals surface area contributed by atoms with E-state index in [1.165, 1.54) is 25.5 Å². The molecule has 0 unspecified atom stereocenters. The third-order valence-electron chi connectivity index (χ3n) is 3.49. The second kappa shape index (κ2) is 6.88. The predicted octanol–water partition coefficient (Wildman–Crippen LogP) is 2.51. The number of carbonyl (C=O) groups is 3. The number of furan rings is 1. The second-order valence-corrected chi connectivity index (χ2v) is 5.03. The summed E-state index contributed by atoms with van der Waals surface area (Å²) in [5.41, 5.74) is 0.0780. The van der Waals surface area contributed by atoms with Gasteiger partial charge in [0.15, 0.2) is 0 Å². The first kappa shape index (κ1) is 16.3. The standard InChI is InChI=1S/C18H14N2O5/c1-24-15-10-3-2-9-14(15)20-17(22)13(16(21)19-18(20)23)8-4-6-12-7-5-11-25-12/h2-11H,1H3,(H,19,21,23). The average molecular weight is 338 g/mol. The van der Waals surface area contributed by atoms with Gasteiger partial charge in [0.25, 0.3) is 11.8 Å². The average Bonchev–Trinajstić information content (AvgIpc) is 3.11. The van der Waals surface area contributed by atoms with Crippen molar-refractivity contribution in [3.8, 4) is 5.75 Å². The van der Waals surface area contributed by atoms with Crippen molar-refractivity contribution in [2.75, 3.05) is 12.0 Å². The lowest BCUT2D eigenvalue weighted by molar-refractivity contribution is -0.122. The van der Waals surface area contributed by atoms with Crippen molar-refractivity contribution in [1.29, 1.82) is 0 Å². The molecule has 0 atom stereocenters. The number of ether oxygens (including phenoxy) is 1. The Kier molecular flexibility index (Phi) is 4.47. The molecular weight excluding hydrogens is 324 g/mol. The molecule has 3 rings (SSSR count). The van der Waals surface area contributed by atoms with Crippen LogP contribution in [0.15, 0.2) is 64.8 Å². The van der Waals surface area contributed by atoms with Crippen molar-refractivity contribution < 1.29 is 23.5 Å². The van der Waals surface area contributed by atoms with Crippen molar-refractivity contribution in [3.63, 3.8) is 0 Å². The van der Waals surface area contributed by atoms with Crippen LogP contribution < -0.4 is 15.0 Å². The Morgan fingerprint density at radius 2 is 1.92 bits per heavy atom. The lowest BCUT2D eigenvalue weighted by atomic mass is 10.1. The Bertz CT molecular complexity index is 881. The molecule has 1 aromatic carbocycles. The van der Waals surface area contributed by atoms with Crippen molar-refractivity contribution in [1.82, 2.24) is 5.32 Å². The SMILES string of the molecule is COc1ccccc1N1C(=O)NC(=O)C(=CC=Cc2ccco2)C1=O. The smallest absolute Gasteiger partial charge is 0.336 e. The number of amides is 4. The zero-order valence-corrected chi connectivity index (χ0v) is 13.3. The molecule has 0 saturated carbocycles. The molecule has 0 spiro atoms. The fraction of sp³-hybridized carbons (Fsp3) is 0.0556.